The van der Waals surface area contributed by atoms with Gasteiger partial charge in [0.15, 0.2) is 0 Å². The summed E-state index contributed by atoms with van der Waals surface area (Å²) in [7, 11) is 0. The topological polar surface area (TPSA) is 32.3 Å². The zero-order valence-electron chi connectivity index (χ0n) is 16.5. The van der Waals surface area contributed by atoms with Crippen molar-refractivity contribution >= 4 is 18.3 Å². The summed E-state index contributed by atoms with van der Waals surface area (Å²) in [6, 6.07) is 5.22. The molecule has 1 N–H and O–H groups in total. The van der Waals surface area contributed by atoms with Crippen molar-refractivity contribution < 1.29 is 18.0 Å². The summed E-state index contributed by atoms with van der Waals surface area (Å²) in [5.74, 6) is 0.920. The summed E-state index contributed by atoms with van der Waals surface area (Å²) in [5, 5.41) is 3.34. The van der Waals surface area contributed by atoms with E-state index in [4.69, 9.17) is 0 Å². The van der Waals surface area contributed by atoms with Crippen molar-refractivity contribution in [2.45, 2.75) is 64.2 Å². The average molecular weight is 419 g/mol. The number of piperidine rings is 1. The highest BCUT2D eigenvalue weighted by atomic mass is 35.5. The first-order valence-corrected chi connectivity index (χ1v) is 9.96. The standard InChI is InChI=1S/C21H29F3N2O.ClH/c1-14(16-8-10-25-11-9-16)12-20(27)26(19-6-7-19)15(2)17-4-3-5-18(13-17)21(22,23)24;/h3-5,13-16,19,25H,6-12H2,1-2H3;1H. The Morgan fingerprint density at radius 1 is 1.18 bits per heavy atom. The second-order valence-corrected chi connectivity index (χ2v) is 8.10. The van der Waals surface area contributed by atoms with Crippen LogP contribution in [0.4, 0.5) is 13.2 Å². The zero-order valence-corrected chi connectivity index (χ0v) is 17.3. The number of carbonyl (C=O) groups excluding carboxylic acids is 1. The van der Waals surface area contributed by atoms with Crippen LogP contribution in [0.15, 0.2) is 24.3 Å². The molecule has 3 nitrogen and oxygen atoms in total. The lowest BCUT2D eigenvalue weighted by molar-refractivity contribution is -0.137. The van der Waals surface area contributed by atoms with Crippen molar-refractivity contribution in [3.05, 3.63) is 35.4 Å². The first-order chi connectivity index (χ1) is 12.8. The van der Waals surface area contributed by atoms with Gasteiger partial charge in [0, 0.05) is 12.5 Å². The van der Waals surface area contributed by atoms with Crippen molar-refractivity contribution in [1.29, 1.82) is 0 Å². The van der Waals surface area contributed by atoms with Crippen molar-refractivity contribution in [3.63, 3.8) is 0 Å². The monoisotopic (exact) mass is 418 g/mol. The van der Waals surface area contributed by atoms with Crippen LogP contribution in [0.1, 0.15) is 63.1 Å². The van der Waals surface area contributed by atoms with Crippen molar-refractivity contribution in [1.82, 2.24) is 10.2 Å². The predicted molar refractivity (Wildman–Crippen MR) is 106 cm³/mol. The molecule has 0 aromatic heterocycles. The van der Waals surface area contributed by atoms with E-state index in [1.54, 1.807) is 6.07 Å². The third-order valence-corrected chi connectivity index (χ3v) is 6.03. The Bertz CT molecular complexity index is 657. The molecule has 1 amide bonds. The Balaban J connectivity index is 0.00000280. The van der Waals surface area contributed by atoms with Gasteiger partial charge in [-0.25, -0.2) is 0 Å². The maximum Gasteiger partial charge on any atom is 0.416 e. The molecule has 1 saturated carbocycles. The molecule has 2 aliphatic rings. The van der Waals surface area contributed by atoms with Crippen LogP contribution < -0.4 is 5.32 Å². The zero-order chi connectivity index (χ0) is 19.6. The molecule has 2 atom stereocenters. The first kappa shape index (κ1) is 23.0. The molecule has 2 fully saturated rings. The summed E-state index contributed by atoms with van der Waals surface area (Å²) >= 11 is 0. The fourth-order valence-electron chi connectivity index (χ4n) is 4.18. The number of hydrogen-bond donors (Lipinski definition) is 1. The molecule has 28 heavy (non-hydrogen) atoms. The molecule has 1 aliphatic carbocycles. The lowest BCUT2D eigenvalue weighted by atomic mass is 9.83. The van der Waals surface area contributed by atoms with Gasteiger partial charge in [0.05, 0.1) is 11.6 Å². The maximum absolute atomic E-state index is 13.1. The molecule has 1 saturated heterocycles. The average Bonchev–Trinajstić information content (AvgIpc) is 3.47. The number of carbonyl (C=O) groups is 1. The van der Waals surface area contributed by atoms with E-state index in [-0.39, 0.29) is 30.4 Å². The Labute approximate surface area is 171 Å². The molecule has 7 heteroatoms. The highest BCUT2D eigenvalue weighted by Gasteiger charge is 2.38. The predicted octanol–water partition coefficient (Wildman–Crippen LogP) is 5.21. The smallest absolute Gasteiger partial charge is 0.333 e. The van der Waals surface area contributed by atoms with Gasteiger partial charge >= 0.3 is 6.18 Å². The minimum Gasteiger partial charge on any atom is -0.333 e. The third kappa shape index (κ3) is 5.63. The van der Waals surface area contributed by atoms with Crippen LogP contribution >= 0.6 is 12.4 Å². The fraction of sp³-hybridized carbons (Fsp3) is 0.667. The molecular formula is C21H30ClF3N2O. The molecule has 1 aromatic rings. The van der Waals surface area contributed by atoms with Gasteiger partial charge in [0.2, 0.25) is 5.91 Å². The van der Waals surface area contributed by atoms with Gasteiger partial charge in [0.1, 0.15) is 0 Å². The number of amides is 1. The molecule has 1 aliphatic heterocycles. The Morgan fingerprint density at radius 2 is 1.82 bits per heavy atom. The number of alkyl halides is 3. The van der Waals surface area contributed by atoms with Gasteiger partial charge in [-0.3, -0.25) is 4.79 Å². The molecule has 3 rings (SSSR count). The minimum absolute atomic E-state index is 0. The van der Waals surface area contributed by atoms with E-state index >= 15 is 0 Å². The molecule has 158 valence electrons. The molecule has 0 radical (unpaired) electrons. The number of nitrogens with one attached hydrogen (secondary N) is 1. The van der Waals surface area contributed by atoms with Crippen molar-refractivity contribution in [2.24, 2.45) is 11.8 Å². The van der Waals surface area contributed by atoms with E-state index in [2.05, 4.69) is 12.2 Å². The normalized spacial score (nSPS) is 20.2. The Morgan fingerprint density at radius 3 is 2.39 bits per heavy atom. The Kier molecular flexibility index (Phi) is 7.80. The fourth-order valence-corrected chi connectivity index (χ4v) is 4.18. The minimum atomic E-state index is -4.37. The summed E-state index contributed by atoms with van der Waals surface area (Å²) in [5.41, 5.74) is -0.0993. The highest BCUT2D eigenvalue weighted by Crippen LogP contribution is 2.38. The van der Waals surface area contributed by atoms with Crippen LogP contribution in [0.3, 0.4) is 0 Å². The van der Waals surface area contributed by atoms with Crippen molar-refractivity contribution in [3.8, 4) is 0 Å². The van der Waals surface area contributed by atoms with Gasteiger partial charge in [-0.05, 0) is 75.2 Å². The van der Waals surface area contributed by atoms with E-state index in [0.717, 1.165) is 44.8 Å². The van der Waals surface area contributed by atoms with Gasteiger partial charge in [-0.15, -0.1) is 12.4 Å². The van der Waals surface area contributed by atoms with Crippen LogP contribution in [-0.4, -0.2) is 29.9 Å². The molecule has 0 spiro atoms. The van der Waals surface area contributed by atoms with Crippen LogP contribution in [0.25, 0.3) is 0 Å². The van der Waals surface area contributed by atoms with Gasteiger partial charge in [-0.1, -0.05) is 19.1 Å². The SMILES string of the molecule is CC(CC(=O)N(C1CC1)C(C)c1cccc(C(F)(F)F)c1)C1CCNCC1.Cl. The van der Waals surface area contributed by atoms with Crippen LogP contribution in [-0.2, 0) is 11.0 Å². The Hall–Kier alpha value is -1.27. The van der Waals surface area contributed by atoms with E-state index in [1.807, 2.05) is 11.8 Å². The van der Waals surface area contributed by atoms with Crippen LogP contribution in [0, 0.1) is 11.8 Å². The largest absolute Gasteiger partial charge is 0.416 e. The highest BCUT2D eigenvalue weighted by molar-refractivity contribution is 5.85. The number of benzene rings is 1. The maximum atomic E-state index is 13.1. The van der Waals surface area contributed by atoms with Gasteiger partial charge in [0.25, 0.3) is 0 Å². The summed E-state index contributed by atoms with van der Waals surface area (Å²) in [6.07, 6.45) is 0.161. The van der Waals surface area contributed by atoms with Gasteiger partial charge < -0.3 is 10.2 Å². The molecular weight excluding hydrogens is 389 g/mol. The lowest BCUT2D eigenvalue weighted by Crippen LogP contribution is -2.38. The first-order valence-electron chi connectivity index (χ1n) is 9.96. The van der Waals surface area contributed by atoms with Crippen LogP contribution in [0.2, 0.25) is 0 Å². The second-order valence-electron chi connectivity index (χ2n) is 8.10. The summed E-state index contributed by atoms with van der Waals surface area (Å²) in [4.78, 5) is 14.9. The second kappa shape index (κ2) is 9.49. The van der Waals surface area contributed by atoms with E-state index in [0.29, 0.717) is 23.8 Å². The lowest BCUT2D eigenvalue weighted by Gasteiger charge is -2.33. The molecule has 1 heterocycles. The summed E-state index contributed by atoms with van der Waals surface area (Å²) < 4.78 is 39.2. The number of hydrogen-bond acceptors (Lipinski definition) is 2. The van der Waals surface area contributed by atoms with Crippen LogP contribution in [0.5, 0.6) is 0 Å². The van der Waals surface area contributed by atoms with E-state index < -0.39 is 11.7 Å². The number of rotatable bonds is 6. The van der Waals surface area contributed by atoms with Gasteiger partial charge in [-0.2, -0.15) is 13.2 Å². The van der Waals surface area contributed by atoms with E-state index in [9.17, 15) is 18.0 Å². The summed E-state index contributed by atoms with van der Waals surface area (Å²) in [6.45, 7) is 5.97. The van der Waals surface area contributed by atoms with Crippen molar-refractivity contribution in [2.75, 3.05) is 13.1 Å². The molecule has 0 bridgehead atoms. The van der Waals surface area contributed by atoms with E-state index in [1.165, 1.54) is 12.1 Å². The number of nitrogens with zero attached hydrogens (tertiary/aromatic N) is 1. The molecule has 2 unspecified atom stereocenters. The molecule has 1 aromatic carbocycles. The number of halogens is 4. The third-order valence-electron chi connectivity index (χ3n) is 6.03. The quantitative estimate of drug-likeness (QED) is 0.688.